The molecule has 1 fully saturated rings. The maximum absolute atomic E-state index is 12.3. The van der Waals surface area contributed by atoms with Gasteiger partial charge in [-0.15, -0.1) is 10.2 Å². The molecule has 2 aliphatic heterocycles. The lowest BCUT2D eigenvalue weighted by molar-refractivity contribution is -0.130. The van der Waals surface area contributed by atoms with Crippen molar-refractivity contribution in [2.75, 3.05) is 13.1 Å². The summed E-state index contributed by atoms with van der Waals surface area (Å²) in [5.74, 6) is 2.74. The number of nitrogens with zero attached hydrogens (tertiary/aromatic N) is 5. The molecule has 0 N–H and O–H groups in total. The van der Waals surface area contributed by atoms with Gasteiger partial charge in [0.25, 0.3) is 0 Å². The maximum Gasteiger partial charge on any atom is 0.222 e. The van der Waals surface area contributed by atoms with Crippen LogP contribution in [-0.4, -0.2) is 43.6 Å². The summed E-state index contributed by atoms with van der Waals surface area (Å²) in [5.41, 5.74) is 1.04. The van der Waals surface area contributed by atoms with E-state index in [0.717, 1.165) is 49.6 Å². The van der Waals surface area contributed by atoms with E-state index in [1.807, 2.05) is 17.0 Å². The predicted octanol–water partition coefficient (Wildman–Crippen LogP) is 2.09. The first-order valence-electron chi connectivity index (χ1n) is 8.40. The van der Waals surface area contributed by atoms with Gasteiger partial charge in [0.1, 0.15) is 5.82 Å². The highest BCUT2D eigenvalue weighted by Crippen LogP contribution is 2.39. The van der Waals surface area contributed by atoms with E-state index in [2.05, 4.69) is 26.7 Å². The van der Waals surface area contributed by atoms with Gasteiger partial charge in [0.15, 0.2) is 5.82 Å². The molecule has 6 heteroatoms. The molecule has 1 amide bonds. The summed E-state index contributed by atoms with van der Waals surface area (Å²) in [5, 5.41) is 8.81. The van der Waals surface area contributed by atoms with Crippen LogP contribution in [0.25, 0.3) is 11.4 Å². The molecular formula is C17H21N5O. The first-order valence-corrected chi connectivity index (χ1v) is 8.40. The Bertz CT molecular complexity index is 711. The van der Waals surface area contributed by atoms with E-state index in [4.69, 9.17) is 0 Å². The molecule has 0 spiro atoms. The Morgan fingerprint density at radius 1 is 1.26 bits per heavy atom. The van der Waals surface area contributed by atoms with Crippen molar-refractivity contribution in [3.8, 4) is 11.4 Å². The second-order valence-electron chi connectivity index (χ2n) is 6.46. The fraction of sp³-hybridized carbons (Fsp3) is 0.529. The summed E-state index contributed by atoms with van der Waals surface area (Å²) in [6.45, 7) is 3.71. The van der Waals surface area contributed by atoms with Crippen molar-refractivity contribution in [2.24, 2.45) is 5.92 Å². The SMILES string of the molecule is CCCC(=O)N1C[C@H]2CCc3nnc(-c4ccncc4)n3[C@H]2C1. The number of likely N-dealkylation sites (tertiary alicyclic amines) is 1. The minimum absolute atomic E-state index is 0.280. The number of hydrogen-bond donors (Lipinski definition) is 0. The van der Waals surface area contributed by atoms with Gasteiger partial charge in [-0.3, -0.25) is 9.78 Å². The zero-order valence-electron chi connectivity index (χ0n) is 13.4. The van der Waals surface area contributed by atoms with Gasteiger partial charge in [-0.2, -0.15) is 0 Å². The molecule has 2 aliphatic rings. The number of carbonyl (C=O) groups is 1. The van der Waals surface area contributed by atoms with Crippen LogP contribution in [0.15, 0.2) is 24.5 Å². The Morgan fingerprint density at radius 3 is 2.87 bits per heavy atom. The van der Waals surface area contributed by atoms with Gasteiger partial charge >= 0.3 is 0 Å². The highest BCUT2D eigenvalue weighted by Gasteiger charge is 2.40. The quantitative estimate of drug-likeness (QED) is 0.870. The number of rotatable bonds is 3. The lowest BCUT2D eigenvalue weighted by Gasteiger charge is -2.27. The molecule has 2 aromatic heterocycles. The molecule has 0 radical (unpaired) electrons. The van der Waals surface area contributed by atoms with Crippen LogP contribution < -0.4 is 0 Å². The van der Waals surface area contributed by atoms with Crippen LogP contribution in [0.3, 0.4) is 0 Å². The smallest absolute Gasteiger partial charge is 0.222 e. The van der Waals surface area contributed by atoms with Crippen molar-refractivity contribution in [1.29, 1.82) is 0 Å². The minimum atomic E-state index is 0.280. The van der Waals surface area contributed by atoms with E-state index in [9.17, 15) is 4.79 Å². The Morgan fingerprint density at radius 2 is 2.09 bits per heavy atom. The van der Waals surface area contributed by atoms with Gasteiger partial charge in [-0.25, -0.2) is 0 Å². The number of hydrogen-bond acceptors (Lipinski definition) is 4. The Hall–Kier alpha value is -2.24. The standard InChI is InChI=1S/C17H21N5O/c1-2-3-16(23)21-10-13-4-5-15-19-20-17(22(15)14(13)11-21)12-6-8-18-9-7-12/h6-9,13-14H,2-5,10-11H2,1H3/t13-,14+/m1/s1. The lowest BCUT2D eigenvalue weighted by Crippen LogP contribution is -2.29. The number of carbonyl (C=O) groups excluding carboxylic acids is 1. The van der Waals surface area contributed by atoms with E-state index in [1.165, 1.54) is 0 Å². The summed E-state index contributed by atoms with van der Waals surface area (Å²) in [6, 6.07) is 4.24. The summed E-state index contributed by atoms with van der Waals surface area (Å²) in [4.78, 5) is 18.4. The normalized spacial score (nSPS) is 22.7. The third kappa shape index (κ3) is 2.42. The second kappa shape index (κ2) is 5.76. The topological polar surface area (TPSA) is 63.9 Å². The Balaban J connectivity index is 1.67. The summed E-state index contributed by atoms with van der Waals surface area (Å²) >= 11 is 0. The van der Waals surface area contributed by atoms with Crippen LogP contribution in [-0.2, 0) is 11.2 Å². The molecular weight excluding hydrogens is 290 g/mol. The van der Waals surface area contributed by atoms with Gasteiger partial charge in [-0.05, 0) is 30.9 Å². The van der Waals surface area contributed by atoms with Crippen molar-refractivity contribution in [2.45, 2.75) is 38.6 Å². The van der Waals surface area contributed by atoms with Crippen LogP contribution in [0.2, 0.25) is 0 Å². The number of pyridine rings is 1. The average molecular weight is 311 g/mol. The molecule has 4 rings (SSSR count). The third-order valence-corrected chi connectivity index (χ3v) is 5.00. The van der Waals surface area contributed by atoms with Gasteiger partial charge in [0.05, 0.1) is 6.04 Å². The Labute approximate surface area is 135 Å². The van der Waals surface area contributed by atoms with Crippen LogP contribution in [0.5, 0.6) is 0 Å². The molecule has 2 atom stereocenters. The van der Waals surface area contributed by atoms with E-state index in [-0.39, 0.29) is 5.91 Å². The van der Waals surface area contributed by atoms with Gasteiger partial charge < -0.3 is 9.47 Å². The van der Waals surface area contributed by atoms with Crippen molar-refractivity contribution in [3.05, 3.63) is 30.4 Å². The molecule has 120 valence electrons. The van der Waals surface area contributed by atoms with Crippen LogP contribution in [0, 0.1) is 5.92 Å². The Kier molecular flexibility index (Phi) is 3.59. The summed E-state index contributed by atoms with van der Waals surface area (Å²) < 4.78 is 2.27. The summed E-state index contributed by atoms with van der Waals surface area (Å²) in [7, 11) is 0. The van der Waals surface area contributed by atoms with Crippen LogP contribution in [0.1, 0.15) is 38.1 Å². The molecule has 0 aliphatic carbocycles. The highest BCUT2D eigenvalue weighted by molar-refractivity contribution is 5.76. The predicted molar refractivity (Wildman–Crippen MR) is 85.6 cm³/mol. The lowest BCUT2D eigenvalue weighted by atomic mass is 9.93. The minimum Gasteiger partial charge on any atom is -0.340 e. The molecule has 0 bridgehead atoms. The first kappa shape index (κ1) is 14.4. The van der Waals surface area contributed by atoms with Gasteiger partial charge in [-0.1, -0.05) is 6.92 Å². The number of aromatic nitrogens is 4. The largest absolute Gasteiger partial charge is 0.340 e. The third-order valence-electron chi connectivity index (χ3n) is 5.00. The molecule has 4 heterocycles. The van der Waals surface area contributed by atoms with Crippen LogP contribution >= 0.6 is 0 Å². The van der Waals surface area contributed by atoms with Gasteiger partial charge in [0.2, 0.25) is 5.91 Å². The van der Waals surface area contributed by atoms with E-state index in [1.54, 1.807) is 12.4 Å². The number of aryl methyl sites for hydroxylation is 1. The van der Waals surface area contributed by atoms with Crippen LogP contribution in [0.4, 0.5) is 0 Å². The van der Waals surface area contributed by atoms with Crippen molar-refractivity contribution in [1.82, 2.24) is 24.6 Å². The number of fused-ring (bicyclic) bond motifs is 3. The number of amides is 1. The van der Waals surface area contributed by atoms with E-state index in [0.29, 0.717) is 18.4 Å². The molecule has 2 aromatic rings. The fourth-order valence-electron chi connectivity index (χ4n) is 3.86. The van der Waals surface area contributed by atoms with E-state index >= 15 is 0 Å². The highest BCUT2D eigenvalue weighted by atomic mass is 16.2. The fourth-order valence-corrected chi connectivity index (χ4v) is 3.86. The molecule has 23 heavy (non-hydrogen) atoms. The zero-order chi connectivity index (χ0) is 15.8. The van der Waals surface area contributed by atoms with Crippen molar-refractivity contribution >= 4 is 5.91 Å². The van der Waals surface area contributed by atoms with Crippen molar-refractivity contribution < 1.29 is 4.79 Å². The second-order valence-corrected chi connectivity index (χ2v) is 6.46. The molecule has 0 saturated carbocycles. The molecule has 0 aromatic carbocycles. The maximum atomic E-state index is 12.3. The molecule has 1 saturated heterocycles. The monoisotopic (exact) mass is 311 g/mol. The summed E-state index contributed by atoms with van der Waals surface area (Å²) in [6.07, 6.45) is 7.15. The molecule has 6 nitrogen and oxygen atoms in total. The first-order chi connectivity index (χ1) is 11.3. The van der Waals surface area contributed by atoms with Gasteiger partial charge in [0, 0.05) is 43.9 Å². The van der Waals surface area contributed by atoms with E-state index < -0.39 is 0 Å². The molecule has 0 unspecified atom stereocenters. The van der Waals surface area contributed by atoms with Crippen molar-refractivity contribution in [3.63, 3.8) is 0 Å². The zero-order valence-corrected chi connectivity index (χ0v) is 13.4. The average Bonchev–Trinajstić information content (AvgIpc) is 3.19.